The van der Waals surface area contributed by atoms with E-state index in [1.807, 2.05) is 44.1 Å². The van der Waals surface area contributed by atoms with Gasteiger partial charge in [-0.1, -0.05) is 19.1 Å². The first-order chi connectivity index (χ1) is 9.77. The molecule has 0 aromatic heterocycles. The second kappa shape index (κ2) is 7.18. The molecule has 1 aromatic rings. The fourth-order valence-electron chi connectivity index (χ4n) is 2.30. The van der Waals surface area contributed by atoms with Gasteiger partial charge in [0.15, 0.2) is 11.6 Å². The Hall–Kier alpha value is -1.94. The van der Waals surface area contributed by atoms with Crippen LogP contribution in [-0.2, 0) is 16.0 Å². The molecule has 1 rings (SSSR count). The van der Waals surface area contributed by atoms with Crippen molar-refractivity contribution in [3.8, 4) is 0 Å². The van der Waals surface area contributed by atoms with Gasteiger partial charge in [-0.25, -0.2) is 0 Å². The molecule has 0 bridgehead atoms. The summed E-state index contributed by atoms with van der Waals surface area (Å²) in [6.07, 6.45) is 2.57. The summed E-state index contributed by atoms with van der Waals surface area (Å²) >= 11 is 0. The van der Waals surface area contributed by atoms with E-state index in [0.29, 0.717) is 0 Å². The maximum absolute atomic E-state index is 11.6. The van der Waals surface area contributed by atoms with Gasteiger partial charge in [0, 0.05) is 5.69 Å². The number of hydrogen-bond acceptors (Lipinski definition) is 4. The lowest BCUT2D eigenvalue weighted by Crippen LogP contribution is -2.21. The molecule has 0 saturated heterocycles. The summed E-state index contributed by atoms with van der Waals surface area (Å²) in [5.41, 5.74) is 9.03. The van der Waals surface area contributed by atoms with Crippen LogP contribution in [0.1, 0.15) is 37.9 Å². The van der Waals surface area contributed by atoms with E-state index in [4.69, 9.17) is 5.73 Å². The molecule has 0 saturated carbocycles. The minimum atomic E-state index is -0.208. The smallest absolute Gasteiger partial charge is 0.163 e. The minimum absolute atomic E-state index is 0.140. The van der Waals surface area contributed by atoms with Crippen molar-refractivity contribution in [2.45, 2.75) is 33.2 Å². The van der Waals surface area contributed by atoms with Crippen LogP contribution in [0.15, 0.2) is 29.8 Å². The second-order valence-electron chi connectivity index (χ2n) is 5.41. The first-order valence-corrected chi connectivity index (χ1v) is 7.06. The van der Waals surface area contributed by atoms with Crippen LogP contribution in [0, 0.1) is 0 Å². The normalized spacial score (nSPS) is 12.1. The fourth-order valence-corrected chi connectivity index (χ4v) is 2.30. The quantitative estimate of drug-likeness (QED) is 0.378. The molecule has 114 valence electrons. The SMILES string of the molecule is CCc1cc(C(C=C(C(C)=O)C(C)=O)N(C)C)ccc1N. The molecule has 0 radical (unpaired) electrons. The summed E-state index contributed by atoms with van der Waals surface area (Å²) in [7, 11) is 3.84. The molecule has 0 spiro atoms. The van der Waals surface area contributed by atoms with Gasteiger partial charge >= 0.3 is 0 Å². The lowest BCUT2D eigenvalue weighted by atomic mass is 9.97. The first-order valence-electron chi connectivity index (χ1n) is 7.06. The van der Waals surface area contributed by atoms with Crippen LogP contribution >= 0.6 is 0 Å². The number of hydrogen-bond donors (Lipinski definition) is 1. The van der Waals surface area contributed by atoms with Crippen LogP contribution < -0.4 is 5.73 Å². The highest BCUT2D eigenvalue weighted by atomic mass is 16.1. The van der Waals surface area contributed by atoms with E-state index < -0.39 is 0 Å². The van der Waals surface area contributed by atoms with Crippen LogP contribution in [0.2, 0.25) is 0 Å². The van der Waals surface area contributed by atoms with E-state index in [2.05, 4.69) is 0 Å². The molecule has 21 heavy (non-hydrogen) atoms. The highest BCUT2D eigenvalue weighted by Crippen LogP contribution is 2.25. The lowest BCUT2D eigenvalue weighted by molar-refractivity contribution is -0.119. The van der Waals surface area contributed by atoms with Crippen LogP contribution in [0.4, 0.5) is 5.69 Å². The number of nitrogens with two attached hydrogens (primary N) is 1. The predicted octanol–water partition coefficient (Wildman–Crippen LogP) is 2.54. The topological polar surface area (TPSA) is 63.4 Å². The van der Waals surface area contributed by atoms with Gasteiger partial charge in [-0.2, -0.15) is 0 Å². The molecule has 0 fully saturated rings. The summed E-state index contributed by atoms with van der Waals surface area (Å²) in [6.45, 7) is 4.88. The number of likely N-dealkylation sites (N-methyl/N-ethyl adjacent to an activating group) is 1. The van der Waals surface area contributed by atoms with Gasteiger partial charge in [-0.05, 0) is 57.6 Å². The summed E-state index contributed by atoms with van der Waals surface area (Å²) in [5, 5.41) is 0. The first kappa shape index (κ1) is 17.1. The Morgan fingerprint density at radius 3 is 2.24 bits per heavy atom. The molecule has 4 nitrogen and oxygen atoms in total. The molecule has 2 N–H and O–H groups in total. The molecular formula is C17H24N2O2. The van der Waals surface area contributed by atoms with Gasteiger partial charge < -0.3 is 5.73 Å². The van der Waals surface area contributed by atoms with E-state index in [9.17, 15) is 9.59 Å². The molecule has 4 heteroatoms. The predicted molar refractivity (Wildman–Crippen MR) is 86.1 cm³/mol. The Kier molecular flexibility index (Phi) is 5.85. The third kappa shape index (κ3) is 4.26. The number of carbonyl (C=O) groups excluding carboxylic acids is 2. The highest BCUT2D eigenvalue weighted by molar-refractivity contribution is 6.18. The number of anilines is 1. The maximum atomic E-state index is 11.6. The Bertz CT molecular complexity index is 558. The highest BCUT2D eigenvalue weighted by Gasteiger charge is 2.17. The number of carbonyl (C=O) groups is 2. The van der Waals surface area contributed by atoms with E-state index >= 15 is 0 Å². The van der Waals surface area contributed by atoms with Crippen molar-refractivity contribution in [2.24, 2.45) is 0 Å². The second-order valence-corrected chi connectivity index (χ2v) is 5.41. The summed E-state index contributed by atoms with van der Waals surface area (Å²) in [5.74, 6) is -0.416. The molecule has 0 heterocycles. The van der Waals surface area contributed by atoms with Gasteiger partial charge in [-0.15, -0.1) is 0 Å². The Morgan fingerprint density at radius 2 is 1.81 bits per heavy atom. The van der Waals surface area contributed by atoms with Crippen molar-refractivity contribution in [3.05, 3.63) is 41.0 Å². The molecular weight excluding hydrogens is 264 g/mol. The van der Waals surface area contributed by atoms with Gasteiger partial charge in [-0.3, -0.25) is 14.5 Å². The van der Waals surface area contributed by atoms with Crippen LogP contribution in [-0.4, -0.2) is 30.6 Å². The number of allylic oxidation sites excluding steroid dienone is 1. The van der Waals surface area contributed by atoms with Crippen LogP contribution in [0.25, 0.3) is 0 Å². The number of benzene rings is 1. The fraction of sp³-hybridized carbons (Fsp3) is 0.412. The van der Waals surface area contributed by atoms with Crippen LogP contribution in [0.5, 0.6) is 0 Å². The molecule has 0 aliphatic rings. The molecule has 1 atom stereocenters. The summed E-state index contributed by atoms with van der Waals surface area (Å²) in [6, 6.07) is 5.71. The Labute approximate surface area is 126 Å². The maximum Gasteiger partial charge on any atom is 0.163 e. The summed E-state index contributed by atoms with van der Waals surface area (Å²) < 4.78 is 0. The molecule has 0 aliphatic carbocycles. The zero-order valence-corrected chi connectivity index (χ0v) is 13.4. The van der Waals surface area contributed by atoms with Crippen molar-refractivity contribution in [3.63, 3.8) is 0 Å². The zero-order valence-electron chi connectivity index (χ0n) is 13.4. The van der Waals surface area contributed by atoms with Crippen molar-refractivity contribution in [2.75, 3.05) is 19.8 Å². The Morgan fingerprint density at radius 1 is 1.24 bits per heavy atom. The molecule has 1 aromatic carbocycles. The van der Waals surface area contributed by atoms with E-state index in [1.165, 1.54) is 13.8 Å². The van der Waals surface area contributed by atoms with Crippen molar-refractivity contribution in [1.82, 2.24) is 4.90 Å². The van der Waals surface area contributed by atoms with Gasteiger partial charge in [0.05, 0.1) is 11.6 Å². The molecule has 0 aliphatic heterocycles. The lowest BCUT2D eigenvalue weighted by Gasteiger charge is -2.23. The van der Waals surface area contributed by atoms with E-state index in [0.717, 1.165) is 23.2 Å². The average molecular weight is 288 g/mol. The monoisotopic (exact) mass is 288 g/mol. The van der Waals surface area contributed by atoms with Gasteiger partial charge in [0.1, 0.15) is 0 Å². The van der Waals surface area contributed by atoms with E-state index in [-0.39, 0.29) is 23.2 Å². The average Bonchev–Trinajstić information content (AvgIpc) is 2.39. The van der Waals surface area contributed by atoms with Crippen LogP contribution in [0.3, 0.4) is 0 Å². The molecule has 0 amide bonds. The number of nitrogen functional groups attached to an aromatic ring is 1. The third-order valence-electron chi connectivity index (χ3n) is 3.53. The number of ketones is 2. The number of Topliss-reactive ketones (excluding diaryl/α,β-unsaturated/α-hetero) is 2. The number of rotatable bonds is 6. The van der Waals surface area contributed by atoms with E-state index in [1.54, 1.807) is 6.08 Å². The summed E-state index contributed by atoms with van der Waals surface area (Å²) in [4.78, 5) is 25.2. The number of nitrogens with zero attached hydrogens (tertiary/aromatic N) is 1. The standard InChI is InChI=1S/C17H24N2O2/c1-6-13-9-14(7-8-16(13)18)17(19(4)5)10-15(11(2)20)12(3)21/h7-10,17H,6,18H2,1-5H3. The molecule has 1 unspecified atom stereocenters. The van der Waals surface area contributed by atoms with Gasteiger partial charge in [0.25, 0.3) is 0 Å². The Balaban J connectivity index is 3.33. The number of aryl methyl sites for hydroxylation is 1. The largest absolute Gasteiger partial charge is 0.399 e. The third-order valence-corrected chi connectivity index (χ3v) is 3.53. The minimum Gasteiger partial charge on any atom is -0.399 e. The van der Waals surface area contributed by atoms with Gasteiger partial charge in [0.2, 0.25) is 0 Å². The van der Waals surface area contributed by atoms with Crippen molar-refractivity contribution in [1.29, 1.82) is 0 Å². The zero-order chi connectivity index (χ0) is 16.2. The van der Waals surface area contributed by atoms with Crippen molar-refractivity contribution >= 4 is 17.3 Å². The van der Waals surface area contributed by atoms with Crippen molar-refractivity contribution < 1.29 is 9.59 Å².